The molecule has 0 N–H and O–H groups in total. The Hall–Kier alpha value is 0.660. The van der Waals surface area contributed by atoms with Gasteiger partial charge in [0.05, 0.1) is 0 Å². The molecule has 2 rings (SSSR count). The zero-order valence-corrected chi connectivity index (χ0v) is 10.6. The van der Waals surface area contributed by atoms with Crippen LogP contribution in [0.5, 0.6) is 0 Å². The maximum absolute atomic E-state index is 3.75. The third kappa shape index (κ3) is 1.64. The molecule has 0 amide bonds. The second-order valence-corrected chi connectivity index (χ2v) is 6.16. The molecule has 12 heavy (non-hydrogen) atoms. The van der Waals surface area contributed by atoms with E-state index < -0.39 is 0 Å². The lowest BCUT2D eigenvalue weighted by molar-refractivity contribution is 0.755. The van der Waals surface area contributed by atoms with Gasteiger partial charge >= 0.3 is 0 Å². The van der Waals surface area contributed by atoms with Crippen LogP contribution in [0.1, 0.15) is 30.1 Å². The third-order valence-electron chi connectivity index (χ3n) is 2.41. The lowest BCUT2D eigenvalue weighted by atomic mass is 10.1. The summed E-state index contributed by atoms with van der Waals surface area (Å²) < 4.78 is 1.30. The van der Waals surface area contributed by atoms with E-state index >= 15 is 0 Å². The van der Waals surface area contributed by atoms with E-state index in [1.165, 1.54) is 28.6 Å². The fourth-order valence-corrected chi connectivity index (χ4v) is 4.68. The zero-order chi connectivity index (χ0) is 8.55. The van der Waals surface area contributed by atoms with Crippen LogP contribution < -0.4 is 0 Å². The van der Waals surface area contributed by atoms with Crippen LogP contribution in [-0.2, 0) is 0 Å². The van der Waals surface area contributed by atoms with Gasteiger partial charge in [-0.1, -0.05) is 22.4 Å². The van der Waals surface area contributed by atoms with Gasteiger partial charge in [-0.2, -0.15) is 0 Å². The standard InChI is InChI=1S/C9H10Br2S/c10-7-3-1-2-6(7)9-8(11)4-5-12-9/h4-7H,1-3H2. The maximum atomic E-state index is 3.75. The van der Waals surface area contributed by atoms with Gasteiger partial charge in [-0.15, -0.1) is 11.3 Å². The predicted octanol–water partition coefficient (Wildman–Crippen LogP) is 4.54. The van der Waals surface area contributed by atoms with Crippen LogP contribution >= 0.6 is 43.2 Å². The molecule has 1 saturated carbocycles. The van der Waals surface area contributed by atoms with E-state index in [0.29, 0.717) is 4.83 Å². The van der Waals surface area contributed by atoms with E-state index in [1.54, 1.807) is 0 Å². The van der Waals surface area contributed by atoms with Gasteiger partial charge in [-0.25, -0.2) is 0 Å². The van der Waals surface area contributed by atoms with E-state index in [1.807, 2.05) is 11.3 Å². The number of rotatable bonds is 1. The molecular formula is C9H10Br2S. The Morgan fingerprint density at radius 1 is 1.42 bits per heavy atom. The molecule has 0 saturated heterocycles. The fourth-order valence-electron chi connectivity index (χ4n) is 1.78. The molecule has 1 heterocycles. The minimum absolute atomic E-state index is 0.701. The van der Waals surface area contributed by atoms with E-state index in [4.69, 9.17) is 0 Å². The van der Waals surface area contributed by atoms with Crippen molar-refractivity contribution in [1.82, 2.24) is 0 Å². The van der Waals surface area contributed by atoms with Gasteiger partial charge < -0.3 is 0 Å². The van der Waals surface area contributed by atoms with Crippen molar-refractivity contribution in [3.63, 3.8) is 0 Å². The molecule has 1 aromatic rings. The van der Waals surface area contributed by atoms with Gasteiger partial charge in [-0.05, 0) is 40.2 Å². The average Bonchev–Trinajstić information content (AvgIpc) is 2.59. The summed E-state index contributed by atoms with van der Waals surface area (Å²) in [5, 5.41) is 2.16. The van der Waals surface area contributed by atoms with Crippen LogP contribution in [0.2, 0.25) is 0 Å². The van der Waals surface area contributed by atoms with Gasteiger partial charge in [0.2, 0.25) is 0 Å². The molecule has 1 aliphatic rings. The lowest BCUT2D eigenvalue weighted by Gasteiger charge is -2.11. The average molecular weight is 310 g/mol. The van der Waals surface area contributed by atoms with Crippen molar-refractivity contribution in [3.8, 4) is 0 Å². The highest BCUT2D eigenvalue weighted by atomic mass is 79.9. The van der Waals surface area contributed by atoms with E-state index in [9.17, 15) is 0 Å². The molecule has 0 spiro atoms. The molecule has 1 fully saturated rings. The highest BCUT2D eigenvalue weighted by Crippen LogP contribution is 2.43. The van der Waals surface area contributed by atoms with Gasteiger partial charge in [0.1, 0.15) is 0 Å². The zero-order valence-electron chi connectivity index (χ0n) is 6.59. The van der Waals surface area contributed by atoms with Crippen molar-refractivity contribution in [1.29, 1.82) is 0 Å². The number of thiophene rings is 1. The summed E-state index contributed by atoms with van der Waals surface area (Å²) in [7, 11) is 0. The highest BCUT2D eigenvalue weighted by molar-refractivity contribution is 9.10. The van der Waals surface area contributed by atoms with Crippen LogP contribution in [0.4, 0.5) is 0 Å². The molecule has 0 bridgehead atoms. The number of hydrogen-bond acceptors (Lipinski definition) is 1. The second kappa shape index (κ2) is 3.81. The SMILES string of the molecule is Brc1ccsc1C1CCCC1Br. The van der Waals surface area contributed by atoms with E-state index in [-0.39, 0.29) is 0 Å². The Kier molecular flexibility index (Phi) is 2.93. The van der Waals surface area contributed by atoms with Crippen molar-refractivity contribution in [2.24, 2.45) is 0 Å². The summed E-state index contributed by atoms with van der Waals surface area (Å²) >= 11 is 9.21. The molecule has 1 aromatic heterocycles. The smallest absolute Gasteiger partial charge is 0.0317 e. The van der Waals surface area contributed by atoms with E-state index in [0.717, 1.165) is 5.92 Å². The molecule has 66 valence electrons. The Morgan fingerprint density at radius 3 is 2.75 bits per heavy atom. The van der Waals surface area contributed by atoms with Gasteiger partial charge in [0, 0.05) is 20.1 Å². The van der Waals surface area contributed by atoms with Crippen molar-refractivity contribution in [3.05, 3.63) is 20.8 Å². The molecule has 3 heteroatoms. The largest absolute Gasteiger partial charge is 0.147 e. The van der Waals surface area contributed by atoms with Crippen LogP contribution in [-0.4, -0.2) is 4.83 Å². The molecule has 2 atom stereocenters. The summed E-state index contributed by atoms with van der Waals surface area (Å²) in [6.45, 7) is 0. The fraction of sp³-hybridized carbons (Fsp3) is 0.556. The van der Waals surface area contributed by atoms with Crippen molar-refractivity contribution < 1.29 is 0 Å². The summed E-state index contributed by atoms with van der Waals surface area (Å²) in [4.78, 5) is 2.22. The van der Waals surface area contributed by atoms with Gasteiger partial charge in [0.25, 0.3) is 0 Å². The van der Waals surface area contributed by atoms with Crippen LogP contribution in [0, 0.1) is 0 Å². The lowest BCUT2D eigenvalue weighted by Crippen LogP contribution is -2.02. The summed E-state index contributed by atoms with van der Waals surface area (Å²) in [6.07, 6.45) is 4.04. The first-order valence-corrected chi connectivity index (χ1v) is 6.75. The van der Waals surface area contributed by atoms with Crippen LogP contribution in [0.3, 0.4) is 0 Å². The minimum Gasteiger partial charge on any atom is -0.147 e. The molecule has 0 aliphatic heterocycles. The third-order valence-corrected chi connectivity index (χ3v) is 5.51. The molecule has 2 unspecified atom stereocenters. The number of alkyl halides is 1. The van der Waals surface area contributed by atoms with Crippen LogP contribution in [0.25, 0.3) is 0 Å². The Labute approximate surface area is 93.6 Å². The van der Waals surface area contributed by atoms with Gasteiger partial charge in [0.15, 0.2) is 0 Å². The first kappa shape index (κ1) is 9.22. The second-order valence-electron chi connectivity index (χ2n) is 3.19. The summed E-state index contributed by atoms with van der Waals surface area (Å²) in [5.74, 6) is 0.749. The highest BCUT2D eigenvalue weighted by Gasteiger charge is 2.28. The normalized spacial score (nSPS) is 29.5. The summed E-state index contributed by atoms with van der Waals surface area (Å²) in [5.41, 5.74) is 0. The van der Waals surface area contributed by atoms with Crippen molar-refractivity contribution in [2.75, 3.05) is 0 Å². The van der Waals surface area contributed by atoms with E-state index in [2.05, 4.69) is 43.3 Å². The quantitative estimate of drug-likeness (QED) is 0.668. The Balaban J connectivity index is 2.24. The monoisotopic (exact) mass is 308 g/mol. The molecular weight excluding hydrogens is 300 g/mol. The molecule has 0 aromatic carbocycles. The first-order chi connectivity index (χ1) is 5.79. The molecule has 1 aliphatic carbocycles. The molecule has 0 nitrogen and oxygen atoms in total. The summed E-state index contributed by atoms with van der Waals surface area (Å²) in [6, 6.07) is 2.15. The van der Waals surface area contributed by atoms with Crippen molar-refractivity contribution >= 4 is 43.2 Å². The minimum atomic E-state index is 0.701. The first-order valence-electron chi connectivity index (χ1n) is 4.16. The number of hydrogen-bond donors (Lipinski definition) is 0. The number of halogens is 2. The van der Waals surface area contributed by atoms with Gasteiger partial charge in [-0.3, -0.25) is 0 Å². The maximum Gasteiger partial charge on any atom is 0.0317 e. The van der Waals surface area contributed by atoms with Crippen molar-refractivity contribution in [2.45, 2.75) is 30.0 Å². The Morgan fingerprint density at radius 2 is 2.25 bits per heavy atom. The topological polar surface area (TPSA) is 0 Å². The Bertz CT molecular complexity index is 269. The predicted molar refractivity (Wildman–Crippen MR) is 61.3 cm³/mol. The van der Waals surface area contributed by atoms with Crippen LogP contribution in [0.15, 0.2) is 15.9 Å². The molecule has 0 radical (unpaired) electrons.